The summed E-state index contributed by atoms with van der Waals surface area (Å²) in [5, 5.41) is 11.1. The topological polar surface area (TPSA) is 109 Å². The van der Waals surface area contributed by atoms with Crippen molar-refractivity contribution in [2.75, 3.05) is 5.32 Å². The summed E-state index contributed by atoms with van der Waals surface area (Å²) in [4.78, 5) is 11.6. The van der Waals surface area contributed by atoms with Gasteiger partial charge < -0.3 is 0 Å². The molecule has 2 rings (SSSR count). The van der Waals surface area contributed by atoms with E-state index in [4.69, 9.17) is 4.55 Å². The third kappa shape index (κ3) is 3.18. The average Bonchev–Trinajstić information content (AvgIpc) is 2.85. The van der Waals surface area contributed by atoms with Gasteiger partial charge in [-0.25, -0.2) is 0 Å². The van der Waals surface area contributed by atoms with Crippen LogP contribution in [0.4, 0.5) is 5.13 Å². The van der Waals surface area contributed by atoms with Crippen molar-refractivity contribution in [3.8, 4) is 0 Å². The molecule has 0 atom stereocenters. The first-order valence-corrected chi connectivity index (χ1v) is 7.87. The number of carbonyl (C=O) groups is 1. The lowest BCUT2D eigenvalue weighted by Crippen LogP contribution is -2.16. The molecule has 1 aromatic heterocycles. The Kier molecular flexibility index (Phi) is 4.12. The van der Waals surface area contributed by atoms with Crippen LogP contribution in [0.25, 0.3) is 0 Å². The van der Waals surface area contributed by atoms with Crippen molar-refractivity contribution >= 4 is 32.5 Å². The van der Waals surface area contributed by atoms with Gasteiger partial charge in [-0.1, -0.05) is 30.4 Å². The Labute approximate surface area is 119 Å². The number of amides is 1. The van der Waals surface area contributed by atoms with Crippen LogP contribution in [0.1, 0.15) is 22.3 Å². The molecular formula is C11H11N3O4S2. The van der Waals surface area contributed by atoms with Crippen molar-refractivity contribution in [3.05, 3.63) is 34.8 Å². The zero-order valence-electron chi connectivity index (χ0n) is 10.4. The molecule has 0 spiro atoms. The smallest absolute Gasteiger partial charge is 0.295 e. The first-order chi connectivity index (χ1) is 9.41. The highest BCUT2D eigenvalue weighted by Gasteiger charge is 2.20. The Morgan fingerprint density at radius 2 is 2.05 bits per heavy atom. The summed E-state index contributed by atoms with van der Waals surface area (Å²) >= 11 is 1.20. The van der Waals surface area contributed by atoms with E-state index >= 15 is 0 Å². The Balaban J connectivity index is 2.30. The van der Waals surface area contributed by atoms with Gasteiger partial charge in [0.15, 0.2) is 0 Å². The van der Waals surface area contributed by atoms with Gasteiger partial charge >= 0.3 is 0 Å². The van der Waals surface area contributed by atoms with Gasteiger partial charge in [0, 0.05) is 0 Å². The lowest BCUT2D eigenvalue weighted by molar-refractivity contribution is 0.102. The number of benzene rings is 1. The van der Waals surface area contributed by atoms with Gasteiger partial charge in [0.1, 0.15) is 9.90 Å². The van der Waals surface area contributed by atoms with Crippen LogP contribution in [-0.2, 0) is 16.5 Å². The van der Waals surface area contributed by atoms with E-state index < -0.39 is 20.9 Å². The molecule has 0 radical (unpaired) electrons. The second-order valence-corrected chi connectivity index (χ2v) is 6.23. The van der Waals surface area contributed by atoms with Crippen LogP contribution in [0.15, 0.2) is 29.2 Å². The van der Waals surface area contributed by atoms with Gasteiger partial charge in [-0.3, -0.25) is 14.7 Å². The highest BCUT2D eigenvalue weighted by atomic mass is 32.2. The quantitative estimate of drug-likeness (QED) is 0.830. The summed E-state index contributed by atoms with van der Waals surface area (Å²) in [6.45, 7) is 1.90. The summed E-state index contributed by atoms with van der Waals surface area (Å²) in [7, 11) is -4.46. The van der Waals surface area contributed by atoms with Crippen LogP contribution in [0.2, 0.25) is 0 Å². The molecule has 0 aliphatic heterocycles. The molecule has 0 saturated heterocycles. The molecule has 106 valence electrons. The summed E-state index contributed by atoms with van der Waals surface area (Å²) in [5.74, 6) is -0.669. The molecule has 0 fully saturated rings. The van der Waals surface area contributed by atoms with E-state index in [1.54, 1.807) is 0 Å². The molecular weight excluding hydrogens is 302 g/mol. The standard InChI is InChI=1S/C11H11N3O4S2/c1-2-9-13-14-11(19-9)12-10(15)7-5-3-4-6-8(7)20(16,17)18/h3-6H,2H2,1H3,(H,12,14,15)(H,16,17,18). The largest absolute Gasteiger partial charge is 0.296 e. The molecule has 9 heteroatoms. The van der Waals surface area contributed by atoms with Crippen molar-refractivity contribution < 1.29 is 17.8 Å². The van der Waals surface area contributed by atoms with Crippen LogP contribution in [-0.4, -0.2) is 29.1 Å². The number of rotatable bonds is 4. The molecule has 1 aromatic carbocycles. The zero-order valence-corrected chi connectivity index (χ0v) is 12.0. The van der Waals surface area contributed by atoms with Crippen LogP contribution in [0.3, 0.4) is 0 Å². The number of hydrogen-bond acceptors (Lipinski definition) is 6. The predicted molar refractivity (Wildman–Crippen MR) is 73.5 cm³/mol. The van der Waals surface area contributed by atoms with E-state index in [0.29, 0.717) is 6.42 Å². The number of carbonyl (C=O) groups excluding carboxylic acids is 1. The minimum Gasteiger partial charge on any atom is -0.296 e. The number of nitrogens with one attached hydrogen (secondary N) is 1. The van der Waals surface area contributed by atoms with Gasteiger partial charge in [-0.2, -0.15) is 8.42 Å². The fourth-order valence-corrected chi connectivity index (χ4v) is 2.85. The molecule has 1 heterocycles. The fourth-order valence-electron chi connectivity index (χ4n) is 1.49. The number of aryl methyl sites for hydroxylation is 1. The molecule has 2 aromatic rings. The highest BCUT2D eigenvalue weighted by molar-refractivity contribution is 7.86. The normalized spacial score (nSPS) is 11.3. The SMILES string of the molecule is CCc1nnc(NC(=O)c2ccccc2S(=O)(=O)O)s1. The van der Waals surface area contributed by atoms with Crippen molar-refractivity contribution in [2.45, 2.75) is 18.2 Å². The maximum atomic E-state index is 12.0. The molecule has 0 aliphatic carbocycles. The van der Waals surface area contributed by atoms with Crippen LogP contribution >= 0.6 is 11.3 Å². The number of aromatic nitrogens is 2. The molecule has 0 bridgehead atoms. The number of nitrogens with zero attached hydrogens (tertiary/aromatic N) is 2. The van der Waals surface area contributed by atoms with Gasteiger partial charge in [0.2, 0.25) is 5.13 Å². The minimum absolute atomic E-state index is 0.150. The first kappa shape index (κ1) is 14.6. The average molecular weight is 313 g/mol. The number of anilines is 1. The Hall–Kier alpha value is -1.84. The summed E-state index contributed by atoms with van der Waals surface area (Å²) in [6, 6.07) is 5.38. The molecule has 1 amide bonds. The van der Waals surface area contributed by atoms with E-state index in [1.165, 1.54) is 29.5 Å². The van der Waals surface area contributed by atoms with Crippen molar-refractivity contribution in [2.24, 2.45) is 0 Å². The van der Waals surface area contributed by atoms with E-state index in [0.717, 1.165) is 11.1 Å². The molecule has 0 unspecified atom stereocenters. The monoisotopic (exact) mass is 313 g/mol. The molecule has 0 aliphatic rings. The van der Waals surface area contributed by atoms with Crippen molar-refractivity contribution in [1.29, 1.82) is 0 Å². The van der Waals surface area contributed by atoms with E-state index in [2.05, 4.69) is 15.5 Å². The first-order valence-electron chi connectivity index (χ1n) is 5.62. The van der Waals surface area contributed by atoms with E-state index in [9.17, 15) is 13.2 Å². The maximum absolute atomic E-state index is 12.0. The Bertz CT molecular complexity index is 740. The number of hydrogen-bond donors (Lipinski definition) is 2. The predicted octanol–water partition coefficient (Wildman–Crippen LogP) is 1.60. The maximum Gasteiger partial charge on any atom is 0.295 e. The van der Waals surface area contributed by atoms with Crippen LogP contribution < -0.4 is 5.32 Å². The van der Waals surface area contributed by atoms with Crippen LogP contribution in [0.5, 0.6) is 0 Å². The van der Waals surface area contributed by atoms with Crippen molar-refractivity contribution in [1.82, 2.24) is 10.2 Å². The van der Waals surface area contributed by atoms with E-state index in [1.807, 2.05) is 6.92 Å². The highest BCUT2D eigenvalue weighted by Crippen LogP contribution is 2.19. The molecule has 20 heavy (non-hydrogen) atoms. The summed E-state index contributed by atoms with van der Waals surface area (Å²) in [6.07, 6.45) is 0.690. The van der Waals surface area contributed by atoms with Gasteiger partial charge in [-0.15, -0.1) is 10.2 Å². The lowest BCUT2D eigenvalue weighted by atomic mass is 10.2. The second-order valence-electron chi connectivity index (χ2n) is 3.78. The van der Waals surface area contributed by atoms with Gasteiger partial charge in [0.25, 0.3) is 16.0 Å². The van der Waals surface area contributed by atoms with Crippen LogP contribution in [0, 0.1) is 0 Å². The Morgan fingerprint density at radius 3 is 2.65 bits per heavy atom. The van der Waals surface area contributed by atoms with E-state index in [-0.39, 0.29) is 10.7 Å². The third-order valence-electron chi connectivity index (χ3n) is 2.40. The van der Waals surface area contributed by atoms with Gasteiger partial charge in [0.05, 0.1) is 5.56 Å². The third-order valence-corrected chi connectivity index (χ3v) is 4.29. The lowest BCUT2D eigenvalue weighted by Gasteiger charge is -2.05. The molecule has 2 N–H and O–H groups in total. The summed E-state index contributed by atoms with van der Waals surface area (Å²) < 4.78 is 31.5. The molecule has 7 nitrogen and oxygen atoms in total. The van der Waals surface area contributed by atoms with Crippen molar-refractivity contribution in [3.63, 3.8) is 0 Å². The zero-order chi connectivity index (χ0) is 14.8. The minimum atomic E-state index is -4.46. The summed E-state index contributed by atoms with van der Waals surface area (Å²) in [5.41, 5.74) is -0.150. The Morgan fingerprint density at radius 1 is 1.35 bits per heavy atom. The second kappa shape index (κ2) is 5.65. The molecule has 0 saturated carbocycles. The van der Waals surface area contributed by atoms with Gasteiger partial charge in [-0.05, 0) is 18.6 Å². The fraction of sp³-hybridized carbons (Fsp3) is 0.182.